The molecule has 0 saturated heterocycles. The first-order valence-electron chi connectivity index (χ1n) is 8.39. The molecule has 0 aromatic heterocycles. The van der Waals surface area contributed by atoms with Crippen LogP contribution in [0.5, 0.6) is 11.5 Å². The minimum atomic E-state index is 0.322. The summed E-state index contributed by atoms with van der Waals surface area (Å²) in [6.07, 6.45) is 0. The fourth-order valence-electron chi connectivity index (χ4n) is 2.68. The molecule has 0 saturated carbocycles. The monoisotopic (exact) mass is 499 g/mol. The summed E-state index contributed by atoms with van der Waals surface area (Å²) in [6, 6.07) is 16.7. The Bertz CT molecular complexity index is 962. The Morgan fingerprint density at radius 1 is 0.964 bits per heavy atom. The largest absolute Gasteiger partial charge is 0.493 e. The molecule has 3 aromatic rings. The molecular formula is C21H17BrCl3NO2. The fraction of sp³-hybridized carbons (Fsp3) is 0.143. The van der Waals surface area contributed by atoms with Gasteiger partial charge in [-0.1, -0.05) is 68.9 Å². The zero-order valence-electron chi connectivity index (χ0n) is 14.9. The Morgan fingerprint density at radius 3 is 2.36 bits per heavy atom. The third-order valence-electron chi connectivity index (χ3n) is 4.05. The molecule has 0 fully saturated rings. The summed E-state index contributed by atoms with van der Waals surface area (Å²) < 4.78 is 12.5. The predicted molar refractivity (Wildman–Crippen MR) is 120 cm³/mol. The summed E-state index contributed by atoms with van der Waals surface area (Å²) >= 11 is 22.0. The maximum absolute atomic E-state index is 6.25. The van der Waals surface area contributed by atoms with Crippen molar-refractivity contribution in [2.45, 2.75) is 13.2 Å². The molecule has 3 rings (SSSR count). The molecule has 0 heterocycles. The van der Waals surface area contributed by atoms with E-state index < -0.39 is 0 Å². The Hall–Kier alpha value is -1.59. The highest BCUT2D eigenvalue weighted by Crippen LogP contribution is 2.38. The average molecular weight is 502 g/mol. The van der Waals surface area contributed by atoms with Crippen LogP contribution in [-0.2, 0) is 13.2 Å². The second-order valence-electron chi connectivity index (χ2n) is 5.95. The molecule has 1 N–H and O–H groups in total. The van der Waals surface area contributed by atoms with Crippen molar-refractivity contribution < 1.29 is 9.47 Å². The maximum Gasteiger partial charge on any atom is 0.167 e. The average Bonchev–Trinajstić information content (AvgIpc) is 2.66. The van der Waals surface area contributed by atoms with E-state index in [-0.39, 0.29) is 0 Å². The highest BCUT2D eigenvalue weighted by atomic mass is 79.9. The summed E-state index contributed by atoms with van der Waals surface area (Å²) in [4.78, 5) is 0. The van der Waals surface area contributed by atoms with E-state index in [1.54, 1.807) is 13.2 Å². The van der Waals surface area contributed by atoms with Crippen LogP contribution in [0.4, 0.5) is 5.69 Å². The first kappa shape index (κ1) is 21.1. The van der Waals surface area contributed by atoms with Gasteiger partial charge in [-0.2, -0.15) is 0 Å². The number of ether oxygens (including phenoxy) is 2. The number of methoxy groups -OCH3 is 1. The predicted octanol–water partition coefficient (Wildman–Crippen LogP) is 7.61. The zero-order chi connectivity index (χ0) is 20.1. The number of benzene rings is 3. The van der Waals surface area contributed by atoms with Crippen LogP contribution < -0.4 is 14.8 Å². The van der Waals surface area contributed by atoms with Gasteiger partial charge in [0.05, 0.1) is 7.11 Å². The van der Waals surface area contributed by atoms with Crippen LogP contribution in [0.25, 0.3) is 0 Å². The lowest BCUT2D eigenvalue weighted by Crippen LogP contribution is -2.06. The molecule has 0 aliphatic rings. The van der Waals surface area contributed by atoms with Gasteiger partial charge in [-0.15, -0.1) is 0 Å². The Balaban J connectivity index is 1.86. The molecule has 0 aliphatic carbocycles. The number of rotatable bonds is 7. The molecule has 146 valence electrons. The van der Waals surface area contributed by atoms with Crippen LogP contribution >= 0.6 is 50.7 Å². The van der Waals surface area contributed by atoms with Crippen molar-refractivity contribution in [1.82, 2.24) is 0 Å². The SMILES string of the molecule is COc1ccc(Br)c(CNc2cc(Cl)cc(Cl)c2)c1OCc1ccccc1Cl. The second kappa shape index (κ2) is 9.75. The first-order valence-corrected chi connectivity index (χ1v) is 10.3. The molecule has 0 aliphatic heterocycles. The van der Waals surface area contributed by atoms with Gasteiger partial charge in [-0.05, 0) is 36.4 Å². The van der Waals surface area contributed by atoms with Gasteiger partial charge >= 0.3 is 0 Å². The van der Waals surface area contributed by atoms with Crippen LogP contribution in [0.15, 0.2) is 59.1 Å². The maximum atomic E-state index is 6.25. The zero-order valence-corrected chi connectivity index (χ0v) is 18.8. The van der Waals surface area contributed by atoms with E-state index in [4.69, 9.17) is 44.3 Å². The smallest absolute Gasteiger partial charge is 0.167 e. The number of hydrogen-bond donors (Lipinski definition) is 1. The van der Waals surface area contributed by atoms with Crippen LogP contribution in [0.2, 0.25) is 15.1 Å². The third-order valence-corrected chi connectivity index (χ3v) is 5.60. The molecule has 0 unspecified atom stereocenters. The summed E-state index contributed by atoms with van der Waals surface area (Å²) in [5.41, 5.74) is 2.61. The van der Waals surface area contributed by atoms with Gasteiger partial charge in [-0.3, -0.25) is 0 Å². The topological polar surface area (TPSA) is 30.5 Å². The van der Waals surface area contributed by atoms with Gasteiger partial charge in [0.1, 0.15) is 6.61 Å². The van der Waals surface area contributed by atoms with E-state index in [9.17, 15) is 0 Å². The van der Waals surface area contributed by atoms with Crippen molar-refractivity contribution >= 4 is 56.4 Å². The van der Waals surface area contributed by atoms with Crippen molar-refractivity contribution in [3.63, 3.8) is 0 Å². The van der Waals surface area contributed by atoms with E-state index >= 15 is 0 Å². The molecule has 3 aromatic carbocycles. The molecule has 7 heteroatoms. The lowest BCUT2D eigenvalue weighted by molar-refractivity contribution is 0.281. The molecule has 3 nitrogen and oxygen atoms in total. The molecule has 0 bridgehead atoms. The van der Waals surface area contributed by atoms with Crippen LogP contribution in [0.3, 0.4) is 0 Å². The Labute approximate surface area is 187 Å². The second-order valence-corrected chi connectivity index (χ2v) is 8.08. The van der Waals surface area contributed by atoms with Crippen molar-refractivity contribution in [2.75, 3.05) is 12.4 Å². The standard InChI is InChI=1S/C21H17BrCl3NO2/c1-27-20-7-6-18(22)17(11-26-16-9-14(23)8-15(24)10-16)21(20)28-12-13-4-2-3-5-19(13)25/h2-10,26H,11-12H2,1H3. The third kappa shape index (κ3) is 5.26. The molecule has 28 heavy (non-hydrogen) atoms. The van der Waals surface area contributed by atoms with E-state index in [1.807, 2.05) is 48.5 Å². The lowest BCUT2D eigenvalue weighted by atomic mass is 10.1. The molecular weight excluding hydrogens is 484 g/mol. The van der Waals surface area contributed by atoms with Crippen molar-refractivity contribution in [2.24, 2.45) is 0 Å². The minimum Gasteiger partial charge on any atom is -0.493 e. The van der Waals surface area contributed by atoms with Crippen LogP contribution in [-0.4, -0.2) is 7.11 Å². The Morgan fingerprint density at radius 2 is 1.68 bits per heavy atom. The highest BCUT2D eigenvalue weighted by molar-refractivity contribution is 9.10. The number of halogens is 4. The molecule has 0 radical (unpaired) electrons. The molecule has 0 amide bonds. The van der Waals surface area contributed by atoms with Gasteiger partial charge in [0, 0.05) is 42.9 Å². The first-order chi connectivity index (χ1) is 13.5. The van der Waals surface area contributed by atoms with Crippen molar-refractivity contribution in [3.05, 3.63) is 85.3 Å². The number of nitrogens with one attached hydrogen (secondary N) is 1. The van der Waals surface area contributed by atoms with Crippen LogP contribution in [0.1, 0.15) is 11.1 Å². The summed E-state index contributed by atoms with van der Waals surface area (Å²) in [6.45, 7) is 0.800. The summed E-state index contributed by atoms with van der Waals surface area (Å²) in [5.74, 6) is 1.27. The molecule has 0 atom stereocenters. The molecule has 0 spiro atoms. The van der Waals surface area contributed by atoms with Gasteiger partial charge in [0.25, 0.3) is 0 Å². The normalized spacial score (nSPS) is 10.6. The highest BCUT2D eigenvalue weighted by Gasteiger charge is 2.15. The van der Waals surface area contributed by atoms with Crippen molar-refractivity contribution in [1.29, 1.82) is 0 Å². The number of hydrogen-bond acceptors (Lipinski definition) is 3. The van der Waals surface area contributed by atoms with E-state index in [1.165, 1.54) is 0 Å². The Kier molecular flexibility index (Phi) is 7.36. The van der Waals surface area contributed by atoms with Gasteiger partial charge in [-0.25, -0.2) is 0 Å². The minimum absolute atomic E-state index is 0.322. The van der Waals surface area contributed by atoms with Gasteiger partial charge in [0.2, 0.25) is 0 Å². The van der Waals surface area contributed by atoms with Gasteiger partial charge < -0.3 is 14.8 Å². The summed E-state index contributed by atoms with van der Waals surface area (Å²) in [7, 11) is 1.61. The van der Waals surface area contributed by atoms with E-state index in [0.29, 0.717) is 39.7 Å². The van der Waals surface area contributed by atoms with E-state index in [0.717, 1.165) is 21.3 Å². The quantitative estimate of drug-likeness (QED) is 0.361. The van der Waals surface area contributed by atoms with Crippen molar-refractivity contribution in [3.8, 4) is 11.5 Å². The van der Waals surface area contributed by atoms with E-state index in [2.05, 4.69) is 21.2 Å². The fourth-order valence-corrected chi connectivity index (χ4v) is 3.85. The van der Waals surface area contributed by atoms with Gasteiger partial charge in [0.15, 0.2) is 11.5 Å². The van der Waals surface area contributed by atoms with Crippen LogP contribution in [0, 0.1) is 0 Å². The number of anilines is 1. The summed E-state index contributed by atoms with van der Waals surface area (Å²) in [5, 5.41) is 5.11. The lowest BCUT2D eigenvalue weighted by Gasteiger charge is -2.18.